The van der Waals surface area contributed by atoms with Crippen LogP contribution in [0.1, 0.15) is 33.6 Å². The van der Waals surface area contributed by atoms with E-state index in [1.165, 1.54) is 0 Å². The summed E-state index contributed by atoms with van der Waals surface area (Å²) < 4.78 is 8.29. The normalized spacial score (nSPS) is 18.9. The number of hydrogen-bond donors (Lipinski definition) is 0. The minimum Gasteiger partial charge on any atom is -0.412 e. The van der Waals surface area contributed by atoms with E-state index < -0.39 is 8.32 Å². The summed E-state index contributed by atoms with van der Waals surface area (Å²) in [5.41, 5.74) is 1.44. The van der Waals surface area contributed by atoms with E-state index in [0.717, 1.165) is 24.8 Å². The maximum absolute atomic E-state index is 11.7. The lowest BCUT2D eigenvalue weighted by atomic mass is 10.1. The first-order chi connectivity index (χ1) is 12.5. The number of anilines is 1. The monoisotopic (exact) mass is 390 g/mol. The van der Waals surface area contributed by atoms with Crippen molar-refractivity contribution in [3.63, 3.8) is 0 Å². The number of aromatic nitrogens is 2. The van der Waals surface area contributed by atoms with Crippen molar-refractivity contribution >= 4 is 30.6 Å². The topological polar surface area (TPSA) is 73.4 Å². The van der Waals surface area contributed by atoms with Crippen LogP contribution in [0.3, 0.4) is 0 Å². The van der Waals surface area contributed by atoms with Crippen LogP contribution in [0.2, 0.25) is 18.1 Å². The van der Waals surface area contributed by atoms with Crippen molar-refractivity contribution in [1.82, 2.24) is 9.78 Å². The van der Waals surface area contributed by atoms with Crippen LogP contribution < -0.4 is 4.90 Å². The van der Waals surface area contributed by atoms with Crippen molar-refractivity contribution in [2.45, 2.75) is 57.8 Å². The number of nitro groups is 1. The number of piperidine rings is 1. The zero-order valence-electron chi connectivity index (χ0n) is 17.2. The highest BCUT2D eigenvalue weighted by Crippen LogP contribution is 2.39. The zero-order valence-corrected chi connectivity index (χ0v) is 18.2. The second-order valence-corrected chi connectivity index (χ2v) is 13.8. The second-order valence-electron chi connectivity index (χ2n) is 9.05. The van der Waals surface area contributed by atoms with Gasteiger partial charge in [0, 0.05) is 37.8 Å². The van der Waals surface area contributed by atoms with Gasteiger partial charge < -0.3 is 9.33 Å². The summed E-state index contributed by atoms with van der Waals surface area (Å²) in [5, 5.41) is 17.1. The molecule has 1 fully saturated rings. The van der Waals surface area contributed by atoms with Crippen molar-refractivity contribution < 1.29 is 9.35 Å². The van der Waals surface area contributed by atoms with Gasteiger partial charge in [0.2, 0.25) is 0 Å². The zero-order chi connectivity index (χ0) is 20.0. The molecule has 27 heavy (non-hydrogen) atoms. The first kappa shape index (κ1) is 19.8. The van der Waals surface area contributed by atoms with Crippen LogP contribution in [-0.2, 0) is 11.5 Å². The van der Waals surface area contributed by atoms with Crippen molar-refractivity contribution in [3.8, 4) is 0 Å². The third-order valence-electron chi connectivity index (χ3n) is 5.90. The molecule has 3 rings (SSSR count). The van der Waals surface area contributed by atoms with Crippen LogP contribution in [-0.4, -0.2) is 42.2 Å². The molecule has 0 radical (unpaired) electrons. The Hall–Kier alpha value is -1.93. The van der Waals surface area contributed by atoms with Gasteiger partial charge in [-0.2, -0.15) is 5.10 Å². The average Bonchev–Trinajstić information content (AvgIpc) is 2.91. The SMILES string of the molecule is Cn1cc2cc(N3CCCC(O[Si](C)(C)C(C)(C)C)C3)c([N+](=O)[O-])cc2n1. The van der Waals surface area contributed by atoms with Crippen LogP contribution >= 0.6 is 0 Å². The van der Waals surface area contributed by atoms with E-state index in [9.17, 15) is 10.1 Å². The fourth-order valence-electron chi connectivity index (χ4n) is 3.42. The Kier molecular flexibility index (Phi) is 5.07. The minimum absolute atomic E-state index is 0.115. The summed E-state index contributed by atoms with van der Waals surface area (Å²) in [6.45, 7) is 12.7. The molecule has 0 aliphatic carbocycles. The third-order valence-corrected chi connectivity index (χ3v) is 10.4. The minimum atomic E-state index is -1.87. The van der Waals surface area contributed by atoms with Gasteiger partial charge in [-0.05, 0) is 37.0 Å². The second kappa shape index (κ2) is 6.90. The first-order valence-electron chi connectivity index (χ1n) is 9.52. The van der Waals surface area contributed by atoms with Crippen molar-refractivity contribution in [1.29, 1.82) is 0 Å². The highest BCUT2D eigenvalue weighted by Gasteiger charge is 2.40. The highest BCUT2D eigenvalue weighted by atomic mass is 28.4. The summed E-state index contributed by atoms with van der Waals surface area (Å²) in [6.07, 6.45) is 3.99. The Labute approximate surface area is 161 Å². The molecule has 2 heterocycles. The summed E-state index contributed by atoms with van der Waals surface area (Å²) >= 11 is 0. The quantitative estimate of drug-likeness (QED) is 0.437. The summed E-state index contributed by atoms with van der Waals surface area (Å²) in [5.74, 6) is 0. The molecule has 1 unspecified atom stereocenters. The Bertz CT molecular complexity index is 856. The van der Waals surface area contributed by atoms with E-state index in [-0.39, 0.29) is 21.8 Å². The lowest BCUT2D eigenvalue weighted by molar-refractivity contribution is -0.384. The van der Waals surface area contributed by atoms with Crippen LogP contribution in [0.15, 0.2) is 18.3 Å². The number of nitrogens with zero attached hydrogens (tertiary/aromatic N) is 4. The Morgan fingerprint density at radius 1 is 1.33 bits per heavy atom. The predicted molar refractivity (Wildman–Crippen MR) is 111 cm³/mol. The van der Waals surface area contributed by atoms with Gasteiger partial charge in [0.1, 0.15) is 5.69 Å². The smallest absolute Gasteiger partial charge is 0.294 e. The van der Waals surface area contributed by atoms with Gasteiger partial charge in [-0.3, -0.25) is 14.8 Å². The van der Waals surface area contributed by atoms with Crippen LogP contribution in [0, 0.1) is 10.1 Å². The Balaban J connectivity index is 1.89. The van der Waals surface area contributed by atoms with E-state index >= 15 is 0 Å². The van der Waals surface area contributed by atoms with Gasteiger partial charge in [-0.25, -0.2) is 0 Å². The number of hydrogen-bond acceptors (Lipinski definition) is 5. The van der Waals surface area contributed by atoms with Crippen LogP contribution in [0.4, 0.5) is 11.4 Å². The van der Waals surface area contributed by atoms with Crippen LogP contribution in [0.5, 0.6) is 0 Å². The van der Waals surface area contributed by atoms with Gasteiger partial charge in [-0.1, -0.05) is 20.8 Å². The first-order valence-corrected chi connectivity index (χ1v) is 12.4. The standard InChI is InChI=1S/C19H30N4O3Si/c1-19(2,3)27(5,6)26-15-8-7-9-22(13-15)17-10-14-12-21(4)20-16(14)11-18(17)23(24)25/h10-12,15H,7-9,13H2,1-6H3. The summed E-state index contributed by atoms with van der Waals surface area (Å²) in [4.78, 5) is 13.5. The molecule has 1 aliphatic rings. The maximum Gasteiger partial charge on any atom is 0.294 e. The van der Waals surface area contributed by atoms with Crippen LogP contribution in [0.25, 0.3) is 10.9 Å². The summed E-state index contributed by atoms with van der Waals surface area (Å²) in [7, 11) is -0.0436. The van der Waals surface area contributed by atoms with Gasteiger partial charge in [0.15, 0.2) is 8.32 Å². The number of aryl methyl sites for hydroxylation is 1. The molecule has 1 saturated heterocycles. The van der Waals surface area contributed by atoms with Crippen molar-refractivity contribution in [2.75, 3.05) is 18.0 Å². The number of fused-ring (bicyclic) bond motifs is 1. The largest absolute Gasteiger partial charge is 0.412 e. The number of nitro benzene ring substituents is 1. The molecule has 2 aromatic rings. The molecule has 1 atom stereocenters. The molecular weight excluding hydrogens is 360 g/mol. The van der Waals surface area contributed by atoms with Gasteiger partial charge >= 0.3 is 0 Å². The molecule has 0 saturated carbocycles. The Morgan fingerprint density at radius 3 is 2.67 bits per heavy atom. The van der Waals surface area contributed by atoms with Gasteiger partial charge in [0.25, 0.3) is 5.69 Å². The van der Waals surface area contributed by atoms with Gasteiger partial charge in [0.05, 0.1) is 16.5 Å². The van der Waals surface area contributed by atoms with E-state index in [1.807, 2.05) is 19.3 Å². The average molecular weight is 391 g/mol. The molecule has 148 valence electrons. The third kappa shape index (κ3) is 4.01. The molecule has 1 aromatic heterocycles. The van der Waals surface area contributed by atoms with E-state index in [4.69, 9.17) is 4.43 Å². The molecule has 0 spiro atoms. The fraction of sp³-hybridized carbons (Fsp3) is 0.632. The van der Waals surface area contributed by atoms with E-state index in [2.05, 4.69) is 43.9 Å². The van der Waals surface area contributed by atoms with Crippen molar-refractivity contribution in [3.05, 3.63) is 28.4 Å². The van der Waals surface area contributed by atoms with E-state index in [0.29, 0.717) is 17.7 Å². The van der Waals surface area contributed by atoms with Gasteiger partial charge in [-0.15, -0.1) is 0 Å². The molecule has 0 N–H and O–H groups in total. The lowest BCUT2D eigenvalue weighted by Crippen LogP contribution is -2.49. The molecule has 0 bridgehead atoms. The molecule has 1 aliphatic heterocycles. The molecule has 1 aromatic carbocycles. The maximum atomic E-state index is 11.7. The molecule has 8 heteroatoms. The van der Waals surface area contributed by atoms with Crippen molar-refractivity contribution in [2.24, 2.45) is 7.05 Å². The number of rotatable bonds is 4. The molecule has 0 amide bonds. The lowest BCUT2D eigenvalue weighted by Gasteiger charge is -2.42. The Morgan fingerprint density at radius 2 is 2.04 bits per heavy atom. The fourth-order valence-corrected chi connectivity index (χ4v) is 4.80. The number of benzene rings is 1. The summed E-state index contributed by atoms with van der Waals surface area (Å²) in [6, 6.07) is 3.48. The predicted octanol–water partition coefficient (Wildman–Crippen LogP) is 4.47. The highest BCUT2D eigenvalue weighted by molar-refractivity contribution is 6.74. The molecule has 7 nitrogen and oxygen atoms in total. The van der Waals surface area contributed by atoms with E-state index in [1.54, 1.807) is 10.7 Å². The molecular formula is C19H30N4O3Si.